The third-order valence-electron chi connectivity index (χ3n) is 4.86. The molecule has 1 heterocycles. The zero-order valence-electron chi connectivity index (χ0n) is 16.6. The Kier molecular flexibility index (Phi) is 6.03. The molecule has 0 saturated carbocycles. The molecule has 0 bridgehead atoms. The number of ketones is 1. The minimum absolute atomic E-state index is 0.298. The van der Waals surface area contributed by atoms with Gasteiger partial charge in [0.05, 0.1) is 21.8 Å². The van der Waals surface area contributed by atoms with Crippen molar-refractivity contribution in [2.24, 2.45) is 0 Å². The Balaban J connectivity index is 1.67. The number of aryl methyl sites for hydroxylation is 1. The molecule has 6 heteroatoms. The molecule has 0 fully saturated rings. The average Bonchev–Trinajstić information content (AvgIpc) is 2.78. The number of hydrogen-bond donors (Lipinski definition) is 0. The van der Waals surface area contributed by atoms with Crippen LogP contribution < -0.4 is 0 Å². The summed E-state index contributed by atoms with van der Waals surface area (Å²) in [6.07, 6.45) is 0. The highest BCUT2D eigenvalue weighted by Crippen LogP contribution is 2.29. The molecule has 154 valence electrons. The monoisotopic (exact) mass is 449 g/mol. The predicted octanol–water partition coefficient (Wildman–Crippen LogP) is 6.56. The SMILES string of the molecule is Cc1ccc(-c2cc(C(=O)OCC(=O)c3ccc(Cl)cc3)c3cccc(Cl)c3n2)cc1. The van der Waals surface area contributed by atoms with Crippen molar-refractivity contribution >= 4 is 45.9 Å². The number of fused-ring (bicyclic) bond motifs is 1. The summed E-state index contributed by atoms with van der Waals surface area (Å²) in [7, 11) is 0. The molecule has 0 aliphatic rings. The Morgan fingerprint density at radius 1 is 0.935 bits per heavy atom. The van der Waals surface area contributed by atoms with E-state index in [-0.39, 0.29) is 12.4 Å². The van der Waals surface area contributed by atoms with Gasteiger partial charge in [-0.1, -0.05) is 65.2 Å². The van der Waals surface area contributed by atoms with Crippen LogP contribution in [-0.4, -0.2) is 23.3 Å². The number of halogens is 2. The maximum Gasteiger partial charge on any atom is 0.339 e. The van der Waals surface area contributed by atoms with E-state index < -0.39 is 5.97 Å². The summed E-state index contributed by atoms with van der Waals surface area (Å²) in [5.74, 6) is -0.939. The molecule has 0 saturated heterocycles. The van der Waals surface area contributed by atoms with Gasteiger partial charge in [-0.25, -0.2) is 9.78 Å². The van der Waals surface area contributed by atoms with Gasteiger partial charge in [0, 0.05) is 21.5 Å². The zero-order valence-corrected chi connectivity index (χ0v) is 18.1. The number of carbonyl (C=O) groups excluding carboxylic acids is 2. The lowest BCUT2D eigenvalue weighted by Crippen LogP contribution is -2.15. The largest absolute Gasteiger partial charge is 0.454 e. The van der Waals surface area contributed by atoms with Crippen molar-refractivity contribution < 1.29 is 14.3 Å². The number of carbonyl (C=O) groups is 2. The first-order chi connectivity index (χ1) is 14.9. The van der Waals surface area contributed by atoms with Crippen molar-refractivity contribution in [3.63, 3.8) is 0 Å². The first kappa shape index (κ1) is 21.0. The van der Waals surface area contributed by atoms with Crippen LogP contribution in [0.15, 0.2) is 72.8 Å². The first-order valence-corrected chi connectivity index (χ1v) is 10.3. The van der Waals surface area contributed by atoms with Gasteiger partial charge in [0.1, 0.15) is 0 Å². The van der Waals surface area contributed by atoms with Crippen LogP contribution in [0, 0.1) is 6.92 Å². The molecule has 4 aromatic rings. The molecule has 0 aliphatic heterocycles. The molecule has 0 N–H and O–H groups in total. The third-order valence-corrected chi connectivity index (χ3v) is 5.42. The summed E-state index contributed by atoms with van der Waals surface area (Å²) in [4.78, 5) is 30.0. The standard InChI is InChI=1S/C25H17Cl2NO3/c1-15-5-7-16(8-6-15)22-13-20(19-3-2-4-21(27)24(19)28-22)25(30)31-14-23(29)17-9-11-18(26)12-10-17/h2-13H,14H2,1H3. The Morgan fingerprint density at radius 3 is 2.35 bits per heavy atom. The van der Waals surface area contributed by atoms with E-state index in [9.17, 15) is 9.59 Å². The van der Waals surface area contributed by atoms with Crippen molar-refractivity contribution in [2.75, 3.05) is 6.61 Å². The number of esters is 1. The minimum Gasteiger partial charge on any atom is -0.454 e. The van der Waals surface area contributed by atoms with Gasteiger partial charge in [-0.2, -0.15) is 0 Å². The van der Waals surface area contributed by atoms with Crippen LogP contribution in [0.5, 0.6) is 0 Å². The van der Waals surface area contributed by atoms with Gasteiger partial charge < -0.3 is 4.74 Å². The third kappa shape index (κ3) is 4.61. The second kappa shape index (κ2) is 8.88. The summed E-state index contributed by atoms with van der Waals surface area (Å²) in [6, 6.07) is 21.1. The second-order valence-electron chi connectivity index (χ2n) is 7.06. The van der Waals surface area contributed by atoms with Crippen molar-refractivity contribution in [3.8, 4) is 11.3 Å². The van der Waals surface area contributed by atoms with Gasteiger partial charge in [-0.3, -0.25) is 4.79 Å². The van der Waals surface area contributed by atoms with Crippen LogP contribution in [0.25, 0.3) is 22.2 Å². The summed E-state index contributed by atoms with van der Waals surface area (Å²) in [5, 5.41) is 1.52. The van der Waals surface area contributed by atoms with Crippen LogP contribution in [0.2, 0.25) is 10.0 Å². The van der Waals surface area contributed by atoms with Gasteiger partial charge in [0.2, 0.25) is 0 Å². The summed E-state index contributed by atoms with van der Waals surface area (Å²) in [5.41, 5.74) is 3.77. The normalized spacial score (nSPS) is 10.8. The molecular formula is C25H17Cl2NO3. The Labute approximate surface area is 189 Å². The Morgan fingerprint density at radius 2 is 1.65 bits per heavy atom. The van der Waals surface area contributed by atoms with Gasteiger partial charge in [-0.15, -0.1) is 0 Å². The van der Waals surface area contributed by atoms with Crippen LogP contribution in [0.4, 0.5) is 0 Å². The van der Waals surface area contributed by atoms with E-state index in [0.29, 0.717) is 37.8 Å². The van der Waals surface area contributed by atoms with Crippen LogP contribution in [0.1, 0.15) is 26.3 Å². The smallest absolute Gasteiger partial charge is 0.339 e. The van der Waals surface area contributed by atoms with E-state index in [0.717, 1.165) is 11.1 Å². The number of nitrogens with zero attached hydrogens (tertiary/aromatic N) is 1. The highest BCUT2D eigenvalue weighted by atomic mass is 35.5. The van der Waals surface area contributed by atoms with Crippen LogP contribution in [0.3, 0.4) is 0 Å². The Bertz CT molecular complexity index is 1280. The fourth-order valence-electron chi connectivity index (χ4n) is 3.18. The molecule has 1 aromatic heterocycles. The predicted molar refractivity (Wildman–Crippen MR) is 123 cm³/mol. The average molecular weight is 450 g/mol. The highest BCUT2D eigenvalue weighted by molar-refractivity contribution is 6.35. The zero-order chi connectivity index (χ0) is 22.0. The molecule has 0 unspecified atom stereocenters. The lowest BCUT2D eigenvalue weighted by molar-refractivity contribution is 0.0476. The fourth-order valence-corrected chi connectivity index (χ4v) is 3.53. The molecule has 0 spiro atoms. The minimum atomic E-state index is -0.620. The topological polar surface area (TPSA) is 56.3 Å². The van der Waals surface area contributed by atoms with Gasteiger partial charge in [0.25, 0.3) is 0 Å². The maximum absolute atomic E-state index is 12.9. The number of rotatable bonds is 5. The number of hydrogen-bond acceptors (Lipinski definition) is 4. The van der Waals surface area contributed by atoms with Crippen molar-refractivity contribution in [1.82, 2.24) is 4.98 Å². The molecular weight excluding hydrogens is 433 g/mol. The van der Waals surface area contributed by atoms with E-state index in [1.54, 1.807) is 48.5 Å². The second-order valence-corrected chi connectivity index (χ2v) is 7.91. The lowest BCUT2D eigenvalue weighted by atomic mass is 10.0. The molecule has 0 aliphatic carbocycles. The molecule has 0 atom stereocenters. The maximum atomic E-state index is 12.9. The number of para-hydroxylation sites is 1. The van der Waals surface area contributed by atoms with E-state index >= 15 is 0 Å². The van der Waals surface area contributed by atoms with Crippen molar-refractivity contribution in [2.45, 2.75) is 6.92 Å². The first-order valence-electron chi connectivity index (χ1n) is 9.54. The van der Waals surface area contributed by atoms with Gasteiger partial charge >= 0.3 is 5.97 Å². The molecule has 0 amide bonds. The van der Waals surface area contributed by atoms with Crippen LogP contribution in [-0.2, 0) is 4.74 Å². The highest BCUT2D eigenvalue weighted by Gasteiger charge is 2.18. The molecule has 3 aromatic carbocycles. The quantitative estimate of drug-likeness (QED) is 0.255. The van der Waals surface area contributed by atoms with Gasteiger partial charge in [0.15, 0.2) is 12.4 Å². The molecule has 4 nitrogen and oxygen atoms in total. The fraction of sp³-hybridized carbons (Fsp3) is 0.0800. The van der Waals surface area contributed by atoms with E-state index in [1.807, 2.05) is 31.2 Å². The molecule has 4 rings (SSSR count). The number of Topliss-reactive ketones (excluding diaryl/α,β-unsaturated/α-hetero) is 1. The van der Waals surface area contributed by atoms with Crippen LogP contribution >= 0.6 is 23.2 Å². The lowest BCUT2D eigenvalue weighted by Gasteiger charge is -2.11. The number of pyridine rings is 1. The summed E-state index contributed by atoms with van der Waals surface area (Å²) < 4.78 is 5.34. The number of aromatic nitrogens is 1. The summed E-state index contributed by atoms with van der Waals surface area (Å²) in [6.45, 7) is 1.61. The van der Waals surface area contributed by atoms with Crippen molar-refractivity contribution in [1.29, 1.82) is 0 Å². The van der Waals surface area contributed by atoms with E-state index in [1.165, 1.54) is 0 Å². The molecule has 31 heavy (non-hydrogen) atoms. The van der Waals surface area contributed by atoms with E-state index in [2.05, 4.69) is 4.98 Å². The van der Waals surface area contributed by atoms with E-state index in [4.69, 9.17) is 27.9 Å². The number of ether oxygens (including phenoxy) is 1. The summed E-state index contributed by atoms with van der Waals surface area (Å²) >= 11 is 12.2. The Hall–Kier alpha value is -3.21. The van der Waals surface area contributed by atoms with Crippen molar-refractivity contribution in [3.05, 3.63) is 99.5 Å². The van der Waals surface area contributed by atoms with Gasteiger partial charge in [-0.05, 0) is 43.3 Å². The number of benzene rings is 3. The molecule has 0 radical (unpaired) electrons.